The normalized spacial score (nSPS) is 11.9. The Balaban J connectivity index is 1.57. The predicted octanol–water partition coefficient (Wildman–Crippen LogP) is 9.97. The summed E-state index contributed by atoms with van der Waals surface area (Å²) >= 11 is 1.91. The molecule has 0 fully saturated rings. The van der Waals surface area contributed by atoms with Gasteiger partial charge in [0.05, 0.1) is 11.0 Å². The lowest BCUT2D eigenvalue weighted by atomic mass is 10.00. The van der Waals surface area contributed by atoms with E-state index in [2.05, 4.69) is 132 Å². The van der Waals surface area contributed by atoms with Gasteiger partial charge in [0, 0.05) is 42.0 Å². The Morgan fingerprint density at radius 2 is 1.06 bits per heavy atom. The van der Waals surface area contributed by atoms with E-state index in [9.17, 15) is 0 Å². The summed E-state index contributed by atoms with van der Waals surface area (Å²) in [6.07, 6.45) is 0. The first kappa shape index (κ1) is 19.9. The minimum Gasteiger partial charge on any atom is -0.309 e. The van der Waals surface area contributed by atoms with Crippen LogP contribution in [0.3, 0.4) is 0 Å². The highest BCUT2D eigenvalue weighted by molar-refractivity contribution is 7.27. The summed E-state index contributed by atoms with van der Waals surface area (Å²) in [5.41, 5.74) is 6.20. The van der Waals surface area contributed by atoms with Crippen molar-refractivity contribution in [3.63, 3.8) is 0 Å². The van der Waals surface area contributed by atoms with Crippen molar-refractivity contribution in [3.05, 3.63) is 127 Å². The monoisotopic (exact) mass is 475 g/mol. The number of hydrogen-bond donors (Lipinski definition) is 0. The SMILES string of the molecule is c1ccc(-c2ccc(-n3c4ccccc4c4c5ccccc5c5sc6ccccc6c5c43)cc2)cc1. The fourth-order valence-corrected chi connectivity index (χ4v) is 7.06. The number of nitrogens with zero attached hydrogens (tertiary/aromatic N) is 1. The molecule has 0 bridgehead atoms. The lowest BCUT2D eigenvalue weighted by molar-refractivity contribution is 1.19. The fraction of sp³-hybridized carbons (Fsp3) is 0. The van der Waals surface area contributed by atoms with Gasteiger partial charge >= 0.3 is 0 Å². The molecule has 2 aromatic heterocycles. The maximum absolute atomic E-state index is 2.48. The van der Waals surface area contributed by atoms with E-state index >= 15 is 0 Å². The van der Waals surface area contributed by atoms with Gasteiger partial charge in [-0.2, -0.15) is 0 Å². The van der Waals surface area contributed by atoms with E-state index in [1.807, 2.05) is 11.3 Å². The Bertz CT molecular complexity index is 2080. The van der Waals surface area contributed by atoms with Crippen molar-refractivity contribution in [2.75, 3.05) is 0 Å². The minimum absolute atomic E-state index is 1.19. The van der Waals surface area contributed by atoms with E-state index in [0.29, 0.717) is 0 Å². The Morgan fingerprint density at radius 3 is 1.86 bits per heavy atom. The van der Waals surface area contributed by atoms with Gasteiger partial charge in [0.2, 0.25) is 0 Å². The molecule has 8 aromatic rings. The first-order chi connectivity index (χ1) is 17.9. The van der Waals surface area contributed by atoms with Crippen molar-refractivity contribution in [3.8, 4) is 16.8 Å². The van der Waals surface area contributed by atoms with E-state index in [0.717, 1.165) is 0 Å². The zero-order valence-corrected chi connectivity index (χ0v) is 20.3. The smallest absolute Gasteiger partial charge is 0.0640 e. The predicted molar refractivity (Wildman–Crippen MR) is 157 cm³/mol. The van der Waals surface area contributed by atoms with Crippen molar-refractivity contribution in [2.45, 2.75) is 0 Å². The van der Waals surface area contributed by atoms with Crippen molar-refractivity contribution in [1.82, 2.24) is 4.57 Å². The molecular weight excluding hydrogens is 454 g/mol. The van der Waals surface area contributed by atoms with Gasteiger partial charge in [-0.15, -0.1) is 11.3 Å². The summed E-state index contributed by atoms with van der Waals surface area (Å²) in [5, 5.41) is 7.98. The highest BCUT2D eigenvalue weighted by Crippen LogP contribution is 2.47. The Kier molecular flexibility index (Phi) is 4.16. The van der Waals surface area contributed by atoms with Gasteiger partial charge in [0.15, 0.2) is 0 Å². The van der Waals surface area contributed by atoms with Crippen molar-refractivity contribution in [1.29, 1.82) is 0 Å². The van der Waals surface area contributed by atoms with Gasteiger partial charge in [-0.1, -0.05) is 103 Å². The van der Waals surface area contributed by atoms with Crippen LogP contribution in [-0.2, 0) is 0 Å². The molecule has 2 heterocycles. The molecule has 1 nitrogen and oxygen atoms in total. The number of thiophene rings is 1. The van der Waals surface area contributed by atoms with Crippen molar-refractivity contribution in [2.24, 2.45) is 0 Å². The quantitative estimate of drug-likeness (QED) is 0.234. The fourth-order valence-electron chi connectivity index (χ4n) is 5.82. The molecule has 0 aliphatic heterocycles. The van der Waals surface area contributed by atoms with Gasteiger partial charge in [-0.3, -0.25) is 0 Å². The summed E-state index contributed by atoms with van der Waals surface area (Å²) in [4.78, 5) is 0. The third-order valence-electron chi connectivity index (χ3n) is 7.38. The molecule has 0 radical (unpaired) electrons. The van der Waals surface area contributed by atoms with Crippen LogP contribution in [0.4, 0.5) is 0 Å². The molecule has 0 atom stereocenters. The Hall–Kier alpha value is -4.40. The highest BCUT2D eigenvalue weighted by Gasteiger charge is 2.21. The Labute approximate surface area is 212 Å². The van der Waals surface area contributed by atoms with Gasteiger partial charge in [-0.25, -0.2) is 0 Å². The number of para-hydroxylation sites is 1. The summed E-state index contributed by atoms with van der Waals surface area (Å²) in [5.74, 6) is 0. The standard InChI is InChI=1S/C34H21NS/c1-2-10-22(11-3-1)23-18-20-24(21-19-23)35-29-16-8-6-14-27(29)31-25-12-4-5-13-26(25)34-32(33(31)35)28-15-7-9-17-30(28)36-34/h1-21H. The van der Waals surface area contributed by atoms with Crippen LogP contribution in [0.25, 0.3) is 69.6 Å². The third-order valence-corrected chi connectivity index (χ3v) is 8.58. The number of benzene rings is 6. The second kappa shape index (κ2) is 7.55. The minimum atomic E-state index is 1.19. The van der Waals surface area contributed by atoms with Gasteiger partial charge in [0.25, 0.3) is 0 Å². The molecule has 2 heteroatoms. The number of fused-ring (bicyclic) bond motifs is 10. The van der Waals surface area contributed by atoms with Gasteiger partial charge < -0.3 is 4.57 Å². The van der Waals surface area contributed by atoms with E-state index in [1.165, 1.54) is 69.6 Å². The Morgan fingerprint density at radius 1 is 0.444 bits per heavy atom. The number of aromatic nitrogens is 1. The van der Waals surface area contributed by atoms with Crippen LogP contribution in [0.5, 0.6) is 0 Å². The zero-order chi connectivity index (χ0) is 23.6. The summed E-state index contributed by atoms with van der Waals surface area (Å²) in [6, 6.07) is 46.2. The van der Waals surface area contributed by atoms with Crippen LogP contribution < -0.4 is 0 Å². The average molecular weight is 476 g/mol. The van der Waals surface area contributed by atoms with Crippen LogP contribution >= 0.6 is 11.3 Å². The van der Waals surface area contributed by atoms with E-state index in [-0.39, 0.29) is 0 Å². The number of rotatable bonds is 2. The van der Waals surface area contributed by atoms with Crippen LogP contribution in [0.1, 0.15) is 0 Å². The topological polar surface area (TPSA) is 4.93 Å². The van der Waals surface area contributed by atoms with Crippen molar-refractivity contribution >= 4 is 64.1 Å². The highest BCUT2D eigenvalue weighted by atomic mass is 32.1. The molecule has 36 heavy (non-hydrogen) atoms. The molecule has 0 amide bonds. The first-order valence-corrected chi connectivity index (χ1v) is 13.1. The van der Waals surface area contributed by atoms with E-state index < -0.39 is 0 Å². The summed E-state index contributed by atoms with van der Waals surface area (Å²) in [7, 11) is 0. The molecule has 0 unspecified atom stereocenters. The summed E-state index contributed by atoms with van der Waals surface area (Å²) < 4.78 is 5.18. The van der Waals surface area contributed by atoms with Crippen LogP contribution in [0, 0.1) is 0 Å². The lowest BCUT2D eigenvalue weighted by Gasteiger charge is -2.11. The maximum Gasteiger partial charge on any atom is 0.0640 e. The summed E-state index contributed by atoms with van der Waals surface area (Å²) in [6.45, 7) is 0. The molecule has 6 aromatic carbocycles. The average Bonchev–Trinajstić information content (AvgIpc) is 3.50. The molecule has 0 saturated carbocycles. The third kappa shape index (κ3) is 2.71. The second-order valence-electron chi connectivity index (χ2n) is 9.34. The largest absolute Gasteiger partial charge is 0.309 e. The first-order valence-electron chi connectivity index (χ1n) is 12.3. The van der Waals surface area contributed by atoms with Gasteiger partial charge in [-0.05, 0) is 40.8 Å². The van der Waals surface area contributed by atoms with E-state index in [4.69, 9.17) is 0 Å². The van der Waals surface area contributed by atoms with Crippen LogP contribution in [-0.4, -0.2) is 4.57 Å². The molecule has 8 rings (SSSR count). The maximum atomic E-state index is 2.48. The zero-order valence-electron chi connectivity index (χ0n) is 19.5. The lowest BCUT2D eigenvalue weighted by Crippen LogP contribution is -1.94. The number of hydrogen-bond acceptors (Lipinski definition) is 1. The van der Waals surface area contributed by atoms with Crippen LogP contribution in [0.15, 0.2) is 127 Å². The molecule has 168 valence electrons. The second-order valence-corrected chi connectivity index (χ2v) is 10.4. The van der Waals surface area contributed by atoms with E-state index in [1.54, 1.807) is 0 Å². The molecular formula is C34H21NS. The molecule has 0 aliphatic rings. The molecule has 0 saturated heterocycles. The molecule has 0 aliphatic carbocycles. The van der Waals surface area contributed by atoms with Gasteiger partial charge in [0.1, 0.15) is 0 Å². The van der Waals surface area contributed by atoms with Crippen molar-refractivity contribution < 1.29 is 0 Å². The molecule has 0 spiro atoms. The molecule has 0 N–H and O–H groups in total. The van der Waals surface area contributed by atoms with Crippen LogP contribution in [0.2, 0.25) is 0 Å².